The van der Waals surface area contributed by atoms with Crippen molar-refractivity contribution in [2.75, 3.05) is 14.1 Å². The number of nitrogens with one attached hydrogen (secondary N) is 2. The molecule has 7 nitrogen and oxygen atoms in total. The Labute approximate surface area is 143 Å². The molecule has 1 aromatic carbocycles. The van der Waals surface area contributed by atoms with Crippen molar-refractivity contribution in [1.29, 1.82) is 0 Å². The summed E-state index contributed by atoms with van der Waals surface area (Å²) < 4.78 is 53.5. The fourth-order valence-corrected chi connectivity index (χ4v) is 5.78. The number of hydrogen-bond acceptors (Lipinski definition) is 5. The first-order chi connectivity index (χ1) is 11.2. The van der Waals surface area contributed by atoms with E-state index >= 15 is 0 Å². The maximum absolute atomic E-state index is 12.6. The normalized spacial score (nSPS) is 27.5. The van der Waals surface area contributed by atoms with Crippen molar-refractivity contribution in [2.45, 2.75) is 53.6 Å². The summed E-state index contributed by atoms with van der Waals surface area (Å²) in [4.78, 5) is -0.0444. The van der Waals surface area contributed by atoms with Gasteiger partial charge in [0.25, 0.3) is 0 Å². The third kappa shape index (κ3) is 3.50. The second-order valence-corrected chi connectivity index (χ2v) is 10.6. The average Bonchev–Trinajstić information content (AvgIpc) is 2.85. The lowest BCUT2D eigenvalue weighted by atomic mass is 10.0. The molecule has 2 atom stereocenters. The van der Waals surface area contributed by atoms with Gasteiger partial charge in [0.15, 0.2) is 0 Å². The lowest BCUT2D eigenvalue weighted by molar-refractivity contribution is 0.345. The lowest BCUT2D eigenvalue weighted by Crippen LogP contribution is -2.47. The maximum Gasteiger partial charge on any atom is 0.242 e. The van der Waals surface area contributed by atoms with Gasteiger partial charge < -0.3 is 5.32 Å². The second kappa shape index (κ2) is 6.38. The van der Waals surface area contributed by atoms with Crippen LogP contribution in [0.15, 0.2) is 34.1 Å². The van der Waals surface area contributed by atoms with E-state index in [9.17, 15) is 16.8 Å². The van der Waals surface area contributed by atoms with E-state index in [0.29, 0.717) is 12.1 Å². The second-order valence-electron chi connectivity index (χ2n) is 6.69. The Hall–Kier alpha value is -1.00. The van der Waals surface area contributed by atoms with Gasteiger partial charge in [0.05, 0.1) is 9.79 Å². The number of nitrogens with zero attached hydrogens (tertiary/aromatic N) is 1. The van der Waals surface area contributed by atoms with Gasteiger partial charge in [0.1, 0.15) is 0 Å². The van der Waals surface area contributed by atoms with Crippen molar-refractivity contribution < 1.29 is 16.8 Å². The zero-order valence-corrected chi connectivity index (χ0v) is 15.4. The minimum absolute atomic E-state index is 0.0173. The van der Waals surface area contributed by atoms with Crippen LogP contribution in [-0.4, -0.2) is 53.4 Å². The molecule has 2 aliphatic heterocycles. The Morgan fingerprint density at radius 3 is 2.21 bits per heavy atom. The van der Waals surface area contributed by atoms with Gasteiger partial charge in [0.2, 0.25) is 20.0 Å². The molecular weight excluding hydrogens is 350 g/mol. The summed E-state index contributed by atoms with van der Waals surface area (Å²) in [6.45, 7) is 0. The van der Waals surface area contributed by atoms with E-state index in [1.165, 1.54) is 38.4 Å². The molecular formula is C15H23N3O4S2. The molecule has 134 valence electrons. The molecule has 2 unspecified atom stereocenters. The monoisotopic (exact) mass is 373 g/mol. The molecule has 0 radical (unpaired) electrons. The summed E-state index contributed by atoms with van der Waals surface area (Å²) in [5, 5.41) is 3.47. The van der Waals surface area contributed by atoms with Crippen LogP contribution in [0.5, 0.6) is 0 Å². The maximum atomic E-state index is 12.6. The van der Waals surface area contributed by atoms with Crippen LogP contribution in [0.4, 0.5) is 0 Å². The van der Waals surface area contributed by atoms with E-state index in [-0.39, 0.29) is 15.8 Å². The number of piperidine rings is 1. The number of sulfonamides is 2. The molecule has 0 saturated carbocycles. The molecule has 2 N–H and O–H groups in total. The van der Waals surface area contributed by atoms with E-state index in [1.54, 1.807) is 0 Å². The summed E-state index contributed by atoms with van der Waals surface area (Å²) >= 11 is 0. The first kappa shape index (κ1) is 17.8. The quantitative estimate of drug-likeness (QED) is 0.784. The first-order valence-electron chi connectivity index (χ1n) is 7.99. The Bertz CT molecular complexity index is 809. The van der Waals surface area contributed by atoms with Gasteiger partial charge >= 0.3 is 0 Å². The van der Waals surface area contributed by atoms with Crippen LogP contribution < -0.4 is 10.0 Å². The van der Waals surface area contributed by atoms with Crippen LogP contribution in [-0.2, 0) is 20.0 Å². The third-order valence-electron chi connectivity index (χ3n) is 4.69. The van der Waals surface area contributed by atoms with Crippen LogP contribution in [0, 0.1) is 0 Å². The van der Waals surface area contributed by atoms with Gasteiger partial charge in [-0.15, -0.1) is 0 Å². The molecule has 24 heavy (non-hydrogen) atoms. The zero-order chi connectivity index (χ0) is 17.5. The number of hydrogen-bond donors (Lipinski definition) is 2. The molecule has 1 aromatic rings. The van der Waals surface area contributed by atoms with Crippen molar-refractivity contribution in [3.05, 3.63) is 24.3 Å². The van der Waals surface area contributed by atoms with E-state index in [4.69, 9.17) is 0 Å². The van der Waals surface area contributed by atoms with E-state index in [1.807, 2.05) is 0 Å². The fraction of sp³-hybridized carbons (Fsp3) is 0.600. The molecule has 9 heteroatoms. The summed E-state index contributed by atoms with van der Waals surface area (Å²) in [6, 6.07) is 6.13. The molecule has 2 bridgehead atoms. The number of fused-ring (bicyclic) bond motifs is 2. The molecule has 2 aliphatic rings. The highest BCUT2D eigenvalue weighted by molar-refractivity contribution is 7.90. The largest absolute Gasteiger partial charge is 0.311 e. The summed E-state index contributed by atoms with van der Waals surface area (Å²) in [5.41, 5.74) is 0. The molecule has 0 spiro atoms. The van der Waals surface area contributed by atoms with Gasteiger partial charge in [0, 0.05) is 32.2 Å². The molecule has 2 heterocycles. The van der Waals surface area contributed by atoms with Gasteiger partial charge in [-0.3, -0.25) is 0 Å². The van der Waals surface area contributed by atoms with Crippen molar-refractivity contribution in [2.24, 2.45) is 0 Å². The van der Waals surface area contributed by atoms with Crippen molar-refractivity contribution in [1.82, 2.24) is 14.3 Å². The summed E-state index contributed by atoms with van der Waals surface area (Å²) in [7, 11) is -4.58. The van der Waals surface area contributed by atoms with Crippen molar-refractivity contribution in [3.63, 3.8) is 0 Å². The van der Waals surface area contributed by atoms with Crippen LogP contribution in [0.2, 0.25) is 0 Å². The van der Waals surface area contributed by atoms with E-state index in [0.717, 1.165) is 30.0 Å². The number of rotatable bonds is 5. The molecule has 2 fully saturated rings. The Morgan fingerprint density at radius 1 is 1.04 bits per heavy atom. The SMILES string of the molecule is CN(C)S(=O)(=O)c1cccc(S(=O)(=O)NC2CC3CCC(C2)N3)c1. The van der Waals surface area contributed by atoms with Crippen molar-refractivity contribution in [3.8, 4) is 0 Å². The standard InChI is InChI=1S/C15H23N3O4S2/c1-18(2)24(21,22)15-5-3-4-14(10-15)23(19,20)17-13-8-11-6-7-12(9-13)16-11/h3-5,10-13,16-17H,6-9H2,1-2H3. The predicted molar refractivity (Wildman–Crippen MR) is 90.6 cm³/mol. The number of benzene rings is 1. The minimum Gasteiger partial charge on any atom is -0.311 e. The molecule has 0 amide bonds. The van der Waals surface area contributed by atoms with Crippen molar-refractivity contribution >= 4 is 20.0 Å². The highest BCUT2D eigenvalue weighted by atomic mass is 32.2. The molecule has 0 aromatic heterocycles. The van der Waals surface area contributed by atoms with E-state index in [2.05, 4.69) is 10.0 Å². The third-order valence-corrected chi connectivity index (χ3v) is 8.02. The predicted octanol–water partition coefficient (Wildman–Crippen LogP) is 0.498. The van der Waals surface area contributed by atoms with Crippen LogP contribution >= 0.6 is 0 Å². The smallest absolute Gasteiger partial charge is 0.242 e. The van der Waals surface area contributed by atoms with Crippen LogP contribution in [0.3, 0.4) is 0 Å². The van der Waals surface area contributed by atoms with Gasteiger partial charge in [-0.1, -0.05) is 6.07 Å². The minimum atomic E-state index is -3.75. The average molecular weight is 374 g/mol. The van der Waals surface area contributed by atoms with Gasteiger partial charge in [-0.2, -0.15) is 0 Å². The highest BCUT2D eigenvalue weighted by Crippen LogP contribution is 2.28. The molecule has 2 saturated heterocycles. The fourth-order valence-electron chi connectivity index (χ4n) is 3.45. The Balaban J connectivity index is 1.82. The zero-order valence-electron chi connectivity index (χ0n) is 13.8. The topological polar surface area (TPSA) is 95.6 Å². The Kier molecular flexibility index (Phi) is 4.73. The van der Waals surface area contributed by atoms with E-state index < -0.39 is 20.0 Å². The van der Waals surface area contributed by atoms with Crippen LogP contribution in [0.25, 0.3) is 0 Å². The Morgan fingerprint density at radius 2 is 1.62 bits per heavy atom. The first-order valence-corrected chi connectivity index (χ1v) is 10.9. The van der Waals surface area contributed by atoms with Crippen LogP contribution in [0.1, 0.15) is 25.7 Å². The highest BCUT2D eigenvalue weighted by Gasteiger charge is 2.35. The molecule has 3 rings (SSSR count). The summed E-state index contributed by atoms with van der Waals surface area (Å²) in [5.74, 6) is 0. The van der Waals surface area contributed by atoms with Gasteiger partial charge in [-0.05, 0) is 43.9 Å². The van der Waals surface area contributed by atoms with Gasteiger partial charge in [-0.25, -0.2) is 25.9 Å². The summed E-state index contributed by atoms with van der Waals surface area (Å²) in [6.07, 6.45) is 3.70. The lowest BCUT2D eigenvalue weighted by Gasteiger charge is -2.29. The molecule has 0 aliphatic carbocycles.